The van der Waals surface area contributed by atoms with Crippen molar-refractivity contribution in [2.24, 2.45) is 0 Å². The molecular weight excluding hydrogens is 418 g/mol. The average molecular weight is 443 g/mol. The molecule has 2 aromatic heterocycles. The second-order valence-corrected chi connectivity index (χ2v) is 7.55. The van der Waals surface area contributed by atoms with Crippen molar-refractivity contribution in [1.29, 1.82) is 0 Å². The molecule has 0 saturated heterocycles. The van der Waals surface area contributed by atoms with Crippen LogP contribution in [-0.2, 0) is 27.2 Å². The molecule has 0 amide bonds. The van der Waals surface area contributed by atoms with Crippen molar-refractivity contribution < 1.29 is 32.7 Å². The molecule has 0 aliphatic rings. The number of carbonyl (C=O) groups excluding carboxylic acids is 2. The van der Waals surface area contributed by atoms with Gasteiger partial charge in [0, 0.05) is 36.4 Å². The van der Waals surface area contributed by atoms with Gasteiger partial charge in [-0.25, -0.2) is 4.79 Å². The molecule has 0 bridgehead atoms. The summed E-state index contributed by atoms with van der Waals surface area (Å²) in [7, 11) is 1.47. The number of nitrogens with zero attached hydrogens (tertiary/aromatic N) is 1. The molecule has 0 radical (unpaired) electrons. The van der Waals surface area contributed by atoms with Crippen LogP contribution in [0, 0.1) is 6.92 Å². The van der Waals surface area contributed by atoms with Crippen molar-refractivity contribution in [3.05, 3.63) is 51.6 Å². The van der Waals surface area contributed by atoms with E-state index in [0.29, 0.717) is 34.6 Å². The van der Waals surface area contributed by atoms with Gasteiger partial charge in [0.15, 0.2) is 0 Å². The van der Waals surface area contributed by atoms with Gasteiger partial charge in [0.25, 0.3) is 5.88 Å². The Morgan fingerprint density at radius 2 is 1.81 bits per heavy atom. The molecule has 0 aliphatic carbocycles. The lowest BCUT2D eigenvalue weighted by atomic mass is 10.0. The van der Waals surface area contributed by atoms with E-state index in [1.807, 2.05) is 0 Å². The summed E-state index contributed by atoms with van der Waals surface area (Å²) in [6.45, 7) is 5.33. The van der Waals surface area contributed by atoms with E-state index in [4.69, 9.17) is 23.2 Å². The summed E-state index contributed by atoms with van der Waals surface area (Å²) < 4.78 is 26.0. The third-order valence-electron chi connectivity index (χ3n) is 4.64. The van der Waals surface area contributed by atoms with Crippen molar-refractivity contribution >= 4 is 22.9 Å². The third-order valence-corrected chi connectivity index (χ3v) is 4.64. The summed E-state index contributed by atoms with van der Waals surface area (Å²) in [4.78, 5) is 36.2. The summed E-state index contributed by atoms with van der Waals surface area (Å²) >= 11 is 0. The molecule has 170 valence electrons. The number of aromatic nitrogens is 1. The van der Waals surface area contributed by atoms with Gasteiger partial charge in [-0.05, 0) is 49.5 Å². The van der Waals surface area contributed by atoms with Crippen LogP contribution in [0.1, 0.15) is 43.6 Å². The highest BCUT2D eigenvalue weighted by Gasteiger charge is 2.17. The minimum absolute atomic E-state index is 0.0307. The number of methoxy groups -OCH3 is 1. The van der Waals surface area contributed by atoms with Gasteiger partial charge in [0.1, 0.15) is 17.1 Å². The van der Waals surface area contributed by atoms with Gasteiger partial charge >= 0.3 is 17.6 Å². The Kier molecular flexibility index (Phi) is 7.29. The van der Waals surface area contributed by atoms with Gasteiger partial charge in [-0.15, -0.1) is 0 Å². The Morgan fingerprint density at radius 1 is 1.06 bits per heavy atom. The van der Waals surface area contributed by atoms with Crippen molar-refractivity contribution in [3.63, 3.8) is 0 Å². The van der Waals surface area contributed by atoms with E-state index in [-0.39, 0.29) is 37.1 Å². The maximum atomic E-state index is 12.5. The summed E-state index contributed by atoms with van der Waals surface area (Å²) in [5, 5.41) is 4.39. The van der Waals surface area contributed by atoms with Crippen LogP contribution in [-0.4, -0.2) is 30.3 Å². The third kappa shape index (κ3) is 5.96. The minimum atomic E-state index is -0.513. The van der Waals surface area contributed by atoms with Crippen LogP contribution in [0.25, 0.3) is 11.0 Å². The Morgan fingerprint density at radius 3 is 2.50 bits per heavy atom. The molecule has 0 aliphatic heterocycles. The zero-order valence-corrected chi connectivity index (χ0v) is 18.4. The van der Waals surface area contributed by atoms with Crippen LogP contribution in [0.5, 0.6) is 11.6 Å². The fourth-order valence-corrected chi connectivity index (χ4v) is 3.15. The normalized spacial score (nSPS) is 11.0. The number of rotatable bonds is 9. The quantitative estimate of drug-likeness (QED) is 0.278. The number of benzene rings is 1. The maximum Gasteiger partial charge on any atom is 0.336 e. The topological polar surface area (TPSA) is 118 Å². The first-order valence-corrected chi connectivity index (χ1v) is 10.2. The Labute approximate surface area is 184 Å². The van der Waals surface area contributed by atoms with Crippen molar-refractivity contribution in [2.45, 2.75) is 52.6 Å². The first-order chi connectivity index (χ1) is 15.2. The molecular formula is C23H25NO8. The number of hydrogen-bond donors (Lipinski definition) is 0. The molecule has 0 unspecified atom stereocenters. The lowest BCUT2D eigenvalue weighted by Crippen LogP contribution is -2.13. The highest BCUT2D eigenvalue weighted by Crippen LogP contribution is 2.29. The first-order valence-electron chi connectivity index (χ1n) is 10.2. The minimum Gasteiger partial charge on any atom is -0.479 e. The van der Waals surface area contributed by atoms with E-state index < -0.39 is 11.6 Å². The lowest BCUT2D eigenvalue weighted by molar-refractivity contribution is -0.147. The molecule has 0 atom stereocenters. The molecule has 0 fully saturated rings. The zero-order chi connectivity index (χ0) is 23.3. The van der Waals surface area contributed by atoms with E-state index in [1.165, 1.54) is 19.2 Å². The molecule has 0 spiro atoms. The molecule has 32 heavy (non-hydrogen) atoms. The Hall–Kier alpha value is -3.62. The van der Waals surface area contributed by atoms with Gasteiger partial charge in [-0.2, -0.15) is 0 Å². The molecule has 2 heterocycles. The van der Waals surface area contributed by atoms with Crippen LogP contribution >= 0.6 is 0 Å². The summed E-state index contributed by atoms with van der Waals surface area (Å²) in [5.41, 5.74) is 1.15. The number of esters is 2. The van der Waals surface area contributed by atoms with Crippen molar-refractivity contribution in [3.8, 4) is 11.6 Å². The van der Waals surface area contributed by atoms with Gasteiger partial charge in [0.2, 0.25) is 0 Å². The molecule has 9 heteroatoms. The second-order valence-electron chi connectivity index (χ2n) is 7.55. The monoisotopic (exact) mass is 443 g/mol. The fraction of sp³-hybridized carbons (Fsp3) is 0.391. The predicted octanol–water partition coefficient (Wildman–Crippen LogP) is 3.52. The summed E-state index contributed by atoms with van der Waals surface area (Å²) in [5.74, 6) is 0.164. The van der Waals surface area contributed by atoms with E-state index in [1.54, 1.807) is 32.9 Å². The fourth-order valence-electron chi connectivity index (χ4n) is 3.15. The predicted molar refractivity (Wildman–Crippen MR) is 114 cm³/mol. The highest BCUT2D eigenvalue weighted by molar-refractivity contribution is 5.84. The van der Waals surface area contributed by atoms with Gasteiger partial charge < -0.3 is 23.2 Å². The Bertz CT molecular complexity index is 1170. The van der Waals surface area contributed by atoms with E-state index in [9.17, 15) is 14.4 Å². The summed E-state index contributed by atoms with van der Waals surface area (Å²) in [6, 6.07) is 6.24. The molecule has 1 aromatic carbocycles. The number of carbonyl (C=O) groups is 2. The van der Waals surface area contributed by atoms with E-state index in [0.717, 1.165) is 5.56 Å². The molecule has 9 nitrogen and oxygen atoms in total. The smallest absolute Gasteiger partial charge is 0.336 e. The molecule has 3 rings (SSSR count). The lowest BCUT2D eigenvalue weighted by Gasteiger charge is -2.13. The number of fused-ring (bicyclic) bond motifs is 1. The largest absolute Gasteiger partial charge is 0.479 e. The highest BCUT2D eigenvalue weighted by atomic mass is 16.5. The molecule has 0 N–H and O–H groups in total. The van der Waals surface area contributed by atoms with Crippen LogP contribution in [0.4, 0.5) is 0 Å². The van der Waals surface area contributed by atoms with E-state index in [2.05, 4.69) is 5.16 Å². The van der Waals surface area contributed by atoms with Crippen LogP contribution in [0.2, 0.25) is 0 Å². The van der Waals surface area contributed by atoms with Gasteiger partial charge in [0.05, 0.1) is 19.6 Å². The van der Waals surface area contributed by atoms with Crippen molar-refractivity contribution in [1.82, 2.24) is 5.16 Å². The zero-order valence-electron chi connectivity index (χ0n) is 18.4. The SMILES string of the molecule is COc1cc(CCC(=O)Oc2cc3oc(=O)cc(C)c3cc2CCC(=O)OC(C)C)on1. The van der Waals surface area contributed by atoms with Gasteiger partial charge in [-0.3, -0.25) is 9.59 Å². The number of ether oxygens (including phenoxy) is 3. The van der Waals surface area contributed by atoms with Crippen LogP contribution in [0.15, 0.2) is 38.0 Å². The number of hydrogen-bond acceptors (Lipinski definition) is 9. The molecule has 3 aromatic rings. The van der Waals surface area contributed by atoms with Crippen LogP contribution in [0.3, 0.4) is 0 Å². The number of aryl methyl sites for hydroxylation is 3. The standard InChI is InChI=1S/C23H25NO8/c1-13(2)29-21(25)7-5-15-10-17-14(3)9-23(27)31-19(17)12-18(15)30-22(26)8-6-16-11-20(28-4)24-32-16/h9-13H,5-8H2,1-4H3. The van der Waals surface area contributed by atoms with Crippen molar-refractivity contribution in [2.75, 3.05) is 7.11 Å². The van der Waals surface area contributed by atoms with Gasteiger partial charge in [-0.1, -0.05) is 0 Å². The average Bonchev–Trinajstić information content (AvgIpc) is 3.18. The maximum absolute atomic E-state index is 12.5. The summed E-state index contributed by atoms with van der Waals surface area (Å²) in [6.07, 6.45) is 0.488. The Balaban J connectivity index is 1.80. The second kappa shape index (κ2) is 10.1. The molecule has 0 saturated carbocycles. The van der Waals surface area contributed by atoms with E-state index >= 15 is 0 Å². The first kappa shape index (κ1) is 23.1. The van der Waals surface area contributed by atoms with Crippen LogP contribution < -0.4 is 15.1 Å².